The van der Waals surface area contributed by atoms with E-state index in [4.69, 9.17) is 5.11 Å². The van der Waals surface area contributed by atoms with Crippen LogP contribution >= 0.6 is 0 Å². The van der Waals surface area contributed by atoms with Crippen molar-refractivity contribution < 1.29 is 9.90 Å². The summed E-state index contributed by atoms with van der Waals surface area (Å²) in [4.78, 5) is 11.9. The van der Waals surface area contributed by atoms with Gasteiger partial charge in [-0.2, -0.15) is 5.10 Å². The van der Waals surface area contributed by atoms with Gasteiger partial charge in [-0.1, -0.05) is 12.2 Å². The van der Waals surface area contributed by atoms with Crippen LogP contribution in [0.15, 0.2) is 24.5 Å². The summed E-state index contributed by atoms with van der Waals surface area (Å²) in [5, 5.41) is 16.0. The van der Waals surface area contributed by atoms with Gasteiger partial charge in [0.15, 0.2) is 0 Å². The standard InChI is InChI=1S/C12H17N3O2/c1-2-15-7-10(6-13-15)12(17)14-11-4-3-9(5-11)8-16/h3-4,6-7,9,11,16H,2,5,8H2,1H3,(H,14,17)/t9-,11+/m0/s1. The predicted molar refractivity (Wildman–Crippen MR) is 63.5 cm³/mol. The molecule has 0 aliphatic heterocycles. The molecule has 2 atom stereocenters. The zero-order valence-corrected chi connectivity index (χ0v) is 9.84. The quantitative estimate of drug-likeness (QED) is 0.750. The molecule has 1 heterocycles. The molecule has 2 N–H and O–H groups in total. The molecular formula is C12H17N3O2. The van der Waals surface area contributed by atoms with Gasteiger partial charge in [-0.25, -0.2) is 0 Å². The third-order valence-electron chi connectivity index (χ3n) is 2.94. The Kier molecular flexibility index (Phi) is 3.58. The van der Waals surface area contributed by atoms with Crippen LogP contribution in [0.1, 0.15) is 23.7 Å². The minimum Gasteiger partial charge on any atom is -0.396 e. The molecule has 5 heteroatoms. The van der Waals surface area contributed by atoms with Gasteiger partial charge in [0.25, 0.3) is 5.91 Å². The number of nitrogens with zero attached hydrogens (tertiary/aromatic N) is 2. The van der Waals surface area contributed by atoms with E-state index in [0.29, 0.717) is 5.56 Å². The molecule has 92 valence electrons. The average molecular weight is 235 g/mol. The lowest BCUT2D eigenvalue weighted by molar-refractivity contribution is 0.0941. The number of hydrogen-bond donors (Lipinski definition) is 2. The fraction of sp³-hybridized carbons (Fsp3) is 0.500. The highest BCUT2D eigenvalue weighted by molar-refractivity contribution is 5.94. The number of carbonyl (C=O) groups excluding carboxylic acids is 1. The van der Waals surface area contributed by atoms with Crippen LogP contribution in [-0.4, -0.2) is 33.4 Å². The van der Waals surface area contributed by atoms with Crippen LogP contribution in [0.4, 0.5) is 0 Å². The number of aryl methyl sites for hydroxylation is 1. The topological polar surface area (TPSA) is 67.2 Å². The van der Waals surface area contributed by atoms with Crippen LogP contribution in [0.3, 0.4) is 0 Å². The van der Waals surface area contributed by atoms with E-state index >= 15 is 0 Å². The molecule has 1 aromatic heterocycles. The highest BCUT2D eigenvalue weighted by Gasteiger charge is 2.20. The van der Waals surface area contributed by atoms with Crippen LogP contribution in [0.25, 0.3) is 0 Å². The number of carbonyl (C=O) groups is 1. The minimum absolute atomic E-state index is 0.0182. The number of nitrogens with one attached hydrogen (secondary N) is 1. The van der Waals surface area contributed by atoms with E-state index in [1.54, 1.807) is 17.1 Å². The largest absolute Gasteiger partial charge is 0.396 e. The van der Waals surface area contributed by atoms with Crippen molar-refractivity contribution >= 4 is 5.91 Å². The van der Waals surface area contributed by atoms with Crippen molar-refractivity contribution in [2.24, 2.45) is 5.92 Å². The first kappa shape index (κ1) is 11.9. The van der Waals surface area contributed by atoms with Gasteiger partial charge in [-0.05, 0) is 13.3 Å². The van der Waals surface area contributed by atoms with Gasteiger partial charge >= 0.3 is 0 Å². The van der Waals surface area contributed by atoms with Gasteiger partial charge in [-0.15, -0.1) is 0 Å². The van der Waals surface area contributed by atoms with Crippen LogP contribution in [0, 0.1) is 5.92 Å². The summed E-state index contributed by atoms with van der Waals surface area (Å²) in [5.41, 5.74) is 0.577. The summed E-state index contributed by atoms with van der Waals surface area (Å²) in [6, 6.07) is 0.0182. The molecule has 0 bridgehead atoms. The van der Waals surface area contributed by atoms with E-state index < -0.39 is 0 Å². The summed E-state index contributed by atoms with van der Waals surface area (Å²) >= 11 is 0. The lowest BCUT2D eigenvalue weighted by Gasteiger charge is -2.11. The minimum atomic E-state index is -0.113. The number of aromatic nitrogens is 2. The first-order chi connectivity index (χ1) is 8.22. The van der Waals surface area contributed by atoms with Crippen molar-refractivity contribution in [3.63, 3.8) is 0 Å². The van der Waals surface area contributed by atoms with Crippen molar-refractivity contribution in [1.29, 1.82) is 0 Å². The molecule has 0 fully saturated rings. The van der Waals surface area contributed by atoms with E-state index in [0.717, 1.165) is 13.0 Å². The monoisotopic (exact) mass is 235 g/mol. The summed E-state index contributed by atoms with van der Waals surface area (Å²) in [5.74, 6) is 0.0524. The van der Waals surface area contributed by atoms with Gasteiger partial charge in [0.1, 0.15) is 0 Å². The fourth-order valence-corrected chi connectivity index (χ4v) is 1.92. The Balaban J connectivity index is 1.91. The first-order valence-electron chi connectivity index (χ1n) is 5.85. The smallest absolute Gasteiger partial charge is 0.254 e. The predicted octanol–water partition coefficient (Wildman–Crippen LogP) is 0.570. The Morgan fingerprint density at radius 2 is 2.47 bits per heavy atom. The Morgan fingerprint density at radius 1 is 1.65 bits per heavy atom. The molecule has 0 unspecified atom stereocenters. The van der Waals surface area contributed by atoms with Gasteiger partial charge in [0, 0.05) is 31.3 Å². The van der Waals surface area contributed by atoms with Crippen molar-refractivity contribution in [1.82, 2.24) is 15.1 Å². The van der Waals surface area contributed by atoms with E-state index in [2.05, 4.69) is 10.4 Å². The lowest BCUT2D eigenvalue weighted by atomic mass is 10.1. The number of amides is 1. The second-order valence-corrected chi connectivity index (χ2v) is 4.23. The maximum atomic E-state index is 11.9. The second-order valence-electron chi connectivity index (χ2n) is 4.23. The molecule has 0 saturated heterocycles. The number of aliphatic hydroxyl groups excluding tert-OH is 1. The van der Waals surface area contributed by atoms with E-state index in [1.807, 2.05) is 19.1 Å². The SMILES string of the molecule is CCn1cc(C(=O)N[C@@H]2C=C[C@H](CO)C2)cn1. The summed E-state index contributed by atoms with van der Waals surface area (Å²) in [7, 11) is 0. The first-order valence-corrected chi connectivity index (χ1v) is 5.85. The molecule has 0 saturated carbocycles. The fourth-order valence-electron chi connectivity index (χ4n) is 1.92. The molecule has 1 aliphatic carbocycles. The highest BCUT2D eigenvalue weighted by Crippen LogP contribution is 2.17. The summed E-state index contributed by atoms with van der Waals surface area (Å²) < 4.78 is 1.72. The number of aliphatic hydroxyl groups is 1. The number of rotatable bonds is 4. The Morgan fingerprint density at radius 3 is 3.06 bits per heavy atom. The summed E-state index contributed by atoms with van der Waals surface area (Å²) in [6.07, 6.45) is 7.95. The third-order valence-corrected chi connectivity index (χ3v) is 2.94. The maximum absolute atomic E-state index is 11.9. The van der Waals surface area contributed by atoms with Gasteiger partial charge in [0.2, 0.25) is 0 Å². The van der Waals surface area contributed by atoms with Gasteiger partial charge in [-0.3, -0.25) is 9.48 Å². The molecule has 17 heavy (non-hydrogen) atoms. The van der Waals surface area contributed by atoms with Crippen LogP contribution < -0.4 is 5.32 Å². The van der Waals surface area contributed by atoms with Crippen LogP contribution in [0.5, 0.6) is 0 Å². The van der Waals surface area contributed by atoms with Crippen molar-refractivity contribution in [3.8, 4) is 0 Å². The Hall–Kier alpha value is -1.62. The van der Waals surface area contributed by atoms with E-state index in [1.165, 1.54) is 0 Å². The normalized spacial score (nSPS) is 22.9. The van der Waals surface area contributed by atoms with E-state index in [9.17, 15) is 4.79 Å². The number of hydrogen-bond acceptors (Lipinski definition) is 3. The molecule has 1 aromatic rings. The molecule has 0 radical (unpaired) electrons. The second kappa shape index (κ2) is 5.14. The summed E-state index contributed by atoms with van der Waals surface area (Å²) in [6.45, 7) is 2.86. The average Bonchev–Trinajstić information content (AvgIpc) is 2.96. The molecular weight excluding hydrogens is 218 g/mol. The van der Waals surface area contributed by atoms with Crippen LogP contribution in [0.2, 0.25) is 0 Å². The zero-order chi connectivity index (χ0) is 12.3. The third kappa shape index (κ3) is 2.74. The molecule has 0 spiro atoms. The van der Waals surface area contributed by atoms with Crippen molar-refractivity contribution in [2.45, 2.75) is 25.9 Å². The Bertz CT molecular complexity index is 425. The van der Waals surface area contributed by atoms with Gasteiger partial charge < -0.3 is 10.4 Å². The zero-order valence-electron chi connectivity index (χ0n) is 9.84. The molecule has 5 nitrogen and oxygen atoms in total. The molecule has 1 amide bonds. The molecule has 1 aliphatic rings. The van der Waals surface area contributed by atoms with Crippen LogP contribution in [-0.2, 0) is 6.54 Å². The van der Waals surface area contributed by atoms with Crippen molar-refractivity contribution in [3.05, 3.63) is 30.1 Å². The van der Waals surface area contributed by atoms with Gasteiger partial charge in [0.05, 0.1) is 11.8 Å². The Labute approximate surface area is 100 Å². The van der Waals surface area contributed by atoms with E-state index in [-0.39, 0.29) is 24.5 Å². The maximum Gasteiger partial charge on any atom is 0.254 e. The van der Waals surface area contributed by atoms with Crippen molar-refractivity contribution in [2.75, 3.05) is 6.61 Å². The lowest BCUT2D eigenvalue weighted by Crippen LogP contribution is -2.32. The molecule has 0 aromatic carbocycles. The molecule has 2 rings (SSSR count). The highest BCUT2D eigenvalue weighted by atomic mass is 16.3.